The smallest absolute Gasteiger partial charge is 0.228 e. The first-order chi connectivity index (χ1) is 12.2. The van der Waals surface area contributed by atoms with Crippen LogP contribution in [-0.2, 0) is 6.42 Å². The van der Waals surface area contributed by atoms with E-state index in [2.05, 4.69) is 25.8 Å². The highest BCUT2D eigenvalue weighted by molar-refractivity contribution is 14.0. The third kappa shape index (κ3) is 6.70. The van der Waals surface area contributed by atoms with Crippen molar-refractivity contribution < 1.29 is 14.0 Å². The van der Waals surface area contributed by atoms with Gasteiger partial charge in [0.25, 0.3) is 0 Å². The Kier molecular flexibility index (Phi) is 9.78. The van der Waals surface area contributed by atoms with Gasteiger partial charge in [0.2, 0.25) is 5.89 Å². The molecule has 144 valence electrons. The van der Waals surface area contributed by atoms with Gasteiger partial charge in [-0.15, -0.1) is 24.0 Å². The Morgan fingerprint density at radius 1 is 1.27 bits per heavy atom. The molecule has 0 unspecified atom stereocenters. The molecule has 0 saturated carbocycles. The number of ether oxygens (including phenoxy) is 2. The minimum atomic E-state index is 0. The number of hydrogen-bond acceptors (Lipinski definition) is 6. The molecular formula is C17H26IN5O3. The molecule has 0 amide bonds. The lowest BCUT2D eigenvalue weighted by molar-refractivity contribution is 0.311. The second-order valence-electron chi connectivity index (χ2n) is 5.17. The SMILES string of the molecule is CCNC(=NCCc1nc(C)no1)Nc1ccc(OC)c(OCC)c1.I. The Labute approximate surface area is 170 Å². The molecule has 2 N–H and O–H groups in total. The summed E-state index contributed by atoms with van der Waals surface area (Å²) in [6.45, 7) is 7.59. The molecule has 0 radical (unpaired) electrons. The fourth-order valence-corrected chi connectivity index (χ4v) is 2.17. The zero-order valence-electron chi connectivity index (χ0n) is 15.5. The van der Waals surface area contributed by atoms with Crippen molar-refractivity contribution in [1.29, 1.82) is 0 Å². The number of anilines is 1. The van der Waals surface area contributed by atoms with Crippen LogP contribution in [0.1, 0.15) is 25.6 Å². The van der Waals surface area contributed by atoms with Gasteiger partial charge >= 0.3 is 0 Å². The van der Waals surface area contributed by atoms with Crippen molar-refractivity contribution in [1.82, 2.24) is 15.5 Å². The largest absolute Gasteiger partial charge is 0.493 e. The highest BCUT2D eigenvalue weighted by Crippen LogP contribution is 2.30. The summed E-state index contributed by atoms with van der Waals surface area (Å²) in [6.07, 6.45) is 0.588. The third-order valence-corrected chi connectivity index (χ3v) is 3.24. The second-order valence-corrected chi connectivity index (χ2v) is 5.17. The van der Waals surface area contributed by atoms with Crippen LogP contribution in [-0.4, -0.2) is 42.9 Å². The summed E-state index contributed by atoms with van der Waals surface area (Å²) in [5, 5.41) is 10.2. The molecule has 0 aliphatic carbocycles. The molecule has 1 aromatic heterocycles. The van der Waals surface area contributed by atoms with E-state index in [1.54, 1.807) is 14.0 Å². The van der Waals surface area contributed by atoms with Crippen LogP contribution in [0.4, 0.5) is 5.69 Å². The number of aliphatic imine (C=N–C) groups is 1. The van der Waals surface area contributed by atoms with Gasteiger partial charge in [-0.2, -0.15) is 4.98 Å². The van der Waals surface area contributed by atoms with Crippen molar-refractivity contribution in [3.8, 4) is 11.5 Å². The zero-order chi connectivity index (χ0) is 18.1. The van der Waals surface area contributed by atoms with Crippen molar-refractivity contribution in [3.63, 3.8) is 0 Å². The minimum Gasteiger partial charge on any atom is -0.493 e. The number of aromatic nitrogens is 2. The van der Waals surface area contributed by atoms with Gasteiger partial charge < -0.3 is 24.6 Å². The average Bonchev–Trinajstić information content (AvgIpc) is 3.01. The maximum atomic E-state index is 5.60. The fraction of sp³-hybridized carbons (Fsp3) is 0.471. The van der Waals surface area contributed by atoms with E-state index in [1.165, 1.54) is 0 Å². The summed E-state index contributed by atoms with van der Waals surface area (Å²) >= 11 is 0. The van der Waals surface area contributed by atoms with Gasteiger partial charge in [0.1, 0.15) is 0 Å². The van der Waals surface area contributed by atoms with Crippen molar-refractivity contribution in [3.05, 3.63) is 29.9 Å². The number of aryl methyl sites for hydroxylation is 1. The first-order valence-corrected chi connectivity index (χ1v) is 8.31. The predicted molar refractivity (Wildman–Crippen MR) is 112 cm³/mol. The van der Waals surface area contributed by atoms with Crippen LogP contribution in [0.2, 0.25) is 0 Å². The molecule has 2 aromatic rings. The van der Waals surface area contributed by atoms with Gasteiger partial charge in [0.05, 0.1) is 20.3 Å². The number of guanidine groups is 1. The Morgan fingerprint density at radius 2 is 2.08 bits per heavy atom. The quantitative estimate of drug-likeness (QED) is 0.345. The Morgan fingerprint density at radius 3 is 2.69 bits per heavy atom. The zero-order valence-corrected chi connectivity index (χ0v) is 17.9. The average molecular weight is 475 g/mol. The molecule has 0 spiro atoms. The number of benzene rings is 1. The normalized spacial score (nSPS) is 10.8. The van der Waals surface area contributed by atoms with Crippen molar-refractivity contribution >= 4 is 35.6 Å². The van der Waals surface area contributed by atoms with Crippen molar-refractivity contribution in [2.75, 3.05) is 32.1 Å². The van der Waals surface area contributed by atoms with Gasteiger partial charge in [-0.3, -0.25) is 4.99 Å². The maximum Gasteiger partial charge on any atom is 0.228 e. The van der Waals surface area contributed by atoms with Crippen LogP contribution >= 0.6 is 24.0 Å². The number of nitrogens with zero attached hydrogens (tertiary/aromatic N) is 3. The van der Waals surface area contributed by atoms with E-state index in [9.17, 15) is 0 Å². The van der Waals surface area contributed by atoms with Gasteiger partial charge in [-0.05, 0) is 32.9 Å². The lowest BCUT2D eigenvalue weighted by Gasteiger charge is -2.14. The molecule has 1 heterocycles. The van der Waals surface area contributed by atoms with Crippen LogP contribution in [0.5, 0.6) is 11.5 Å². The van der Waals surface area contributed by atoms with E-state index >= 15 is 0 Å². The molecule has 1 aromatic carbocycles. The van der Waals surface area contributed by atoms with Crippen molar-refractivity contribution in [2.45, 2.75) is 27.2 Å². The van der Waals surface area contributed by atoms with E-state index in [-0.39, 0.29) is 24.0 Å². The second kappa shape index (κ2) is 11.6. The van der Waals surface area contributed by atoms with E-state index in [1.807, 2.05) is 32.0 Å². The number of methoxy groups -OCH3 is 1. The van der Waals surface area contributed by atoms with Gasteiger partial charge in [0, 0.05) is 24.7 Å². The minimum absolute atomic E-state index is 0. The highest BCUT2D eigenvalue weighted by atomic mass is 127. The maximum absolute atomic E-state index is 5.60. The molecule has 0 saturated heterocycles. The van der Waals surface area contributed by atoms with Gasteiger partial charge in [-0.25, -0.2) is 0 Å². The van der Waals surface area contributed by atoms with Crippen LogP contribution in [0.15, 0.2) is 27.7 Å². The monoisotopic (exact) mass is 475 g/mol. The Balaban J connectivity index is 0.00000338. The van der Waals surface area contributed by atoms with Crippen LogP contribution in [0, 0.1) is 6.92 Å². The molecule has 0 aliphatic rings. The van der Waals surface area contributed by atoms with Gasteiger partial charge in [-0.1, -0.05) is 5.16 Å². The molecular weight excluding hydrogens is 449 g/mol. The first kappa shape index (κ1) is 22.0. The number of halogens is 1. The molecule has 2 rings (SSSR count). The summed E-state index contributed by atoms with van der Waals surface area (Å²) in [6, 6.07) is 5.66. The van der Waals surface area contributed by atoms with E-state index < -0.39 is 0 Å². The van der Waals surface area contributed by atoms with Crippen LogP contribution < -0.4 is 20.1 Å². The lowest BCUT2D eigenvalue weighted by atomic mass is 10.2. The lowest BCUT2D eigenvalue weighted by Crippen LogP contribution is -2.30. The van der Waals surface area contributed by atoms with E-state index in [4.69, 9.17) is 14.0 Å². The van der Waals surface area contributed by atoms with E-state index in [0.29, 0.717) is 48.7 Å². The van der Waals surface area contributed by atoms with Gasteiger partial charge in [0.15, 0.2) is 23.3 Å². The Hall–Kier alpha value is -2.04. The molecule has 8 nitrogen and oxygen atoms in total. The summed E-state index contributed by atoms with van der Waals surface area (Å²) in [5.41, 5.74) is 0.859. The topological polar surface area (TPSA) is 93.8 Å². The number of nitrogens with one attached hydrogen (secondary N) is 2. The molecule has 26 heavy (non-hydrogen) atoms. The van der Waals surface area contributed by atoms with Crippen LogP contribution in [0.25, 0.3) is 0 Å². The number of hydrogen-bond donors (Lipinski definition) is 2. The summed E-state index contributed by atoms with van der Waals surface area (Å²) in [7, 11) is 1.62. The van der Waals surface area contributed by atoms with Crippen LogP contribution in [0.3, 0.4) is 0 Å². The summed E-state index contributed by atoms with van der Waals surface area (Å²) < 4.78 is 16.0. The molecule has 0 fully saturated rings. The molecule has 0 aliphatic heterocycles. The first-order valence-electron chi connectivity index (χ1n) is 8.31. The van der Waals surface area contributed by atoms with E-state index in [0.717, 1.165) is 12.2 Å². The molecule has 0 atom stereocenters. The third-order valence-electron chi connectivity index (χ3n) is 3.24. The molecule has 0 bridgehead atoms. The standard InChI is InChI=1S/C17H25N5O3.HI/c1-5-18-17(19-10-9-16-20-12(3)22-25-16)21-13-7-8-14(23-4)15(11-13)24-6-2;/h7-8,11H,5-6,9-10H2,1-4H3,(H2,18,19,21);1H. The van der Waals surface area contributed by atoms with Crippen molar-refractivity contribution in [2.24, 2.45) is 4.99 Å². The number of rotatable bonds is 8. The fourth-order valence-electron chi connectivity index (χ4n) is 2.17. The molecule has 9 heteroatoms. The summed E-state index contributed by atoms with van der Waals surface area (Å²) in [4.78, 5) is 8.70. The highest BCUT2D eigenvalue weighted by Gasteiger charge is 2.07. The predicted octanol–water partition coefficient (Wildman–Crippen LogP) is 3.02. The summed E-state index contributed by atoms with van der Waals surface area (Å²) in [5.74, 6) is 3.27. The Bertz CT molecular complexity index is 705.